The van der Waals surface area contributed by atoms with E-state index >= 15 is 0 Å². The molecule has 4 nitrogen and oxygen atoms in total. The zero-order valence-electron chi connectivity index (χ0n) is 20.7. The molecule has 0 unspecified atom stereocenters. The molecule has 0 saturated heterocycles. The van der Waals surface area contributed by atoms with E-state index in [0.29, 0.717) is 16.5 Å². The highest BCUT2D eigenvalue weighted by Gasteiger charge is 2.28. The van der Waals surface area contributed by atoms with E-state index in [1.54, 1.807) is 24.5 Å². The zero-order chi connectivity index (χ0) is 26.4. The standard InChI is InChI=1S/C30H28ClF2N3O/c1-3-30(32,33)25-13-9-22(10-14-25)18-27(37)17-21-7-11-23(12-8-21)28-29(35-16-15-34-28)36-20(2)24-5-4-6-26(31)19-24/h4-16,19-20H,3,17-18H2,1-2H3,(H,35,36)/t20-/m0/s1. The minimum Gasteiger partial charge on any atom is -0.362 e. The van der Waals surface area contributed by atoms with Gasteiger partial charge in [-0.2, -0.15) is 0 Å². The number of halogens is 3. The number of hydrogen-bond acceptors (Lipinski definition) is 4. The number of anilines is 1. The van der Waals surface area contributed by atoms with Gasteiger partial charge < -0.3 is 5.32 Å². The molecule has 1 heterocycles. The molecule has 0 bridgehead atoms. The fraction of sp³-hybridized carbons (Fsp3) is 0.233. The normalized spacial score (nSPS) is 12.2. The Balaban J connectivity index is 1.41. The summed E-state index contributed by atoms with van der Waals surface area (Å²) in [5, 5.41) is 4.08. The molecule has 4 aromatic rings. The van der Waals surface area contributed by atoms with Crippen molar-refractivity contribution >= 4 is 23.2 Å². The van der Waals surface area contributed by atoms with E-state index in [0.717, 1.165) is 22.3 Å². The second-order valence-corrected chi connectivity index (χ2v) is 9.46. The fourth-order valence-electron chi connectivity index (χ4n) is 4.09. The van der Waals surface area contributed by atoms with Crippen LogP contribution in [0.4, 0.5) is 14.6 Å². The molecule has 0 aliphatic heterocycles. The number of aromatic nitrogens is 2. The van der Waals surface area contributed by atoms with Gasteiger partial charge in [-0.25, -0.2) is 13.8 Å². The number of Topliss-reactive ketones (excluding diaryl/α,β-unsaturated/α-hetero) is 1. The quantitative estimate of drug-likeness (QED) is 0.232. The van der Waals surface area contributed by atoms with Crippen LogP contribution in [0.5, 0.6) is 0 Å². The topological polar surface area (TPSA) is 54.9 Å². The van der Waals surface area contributed by atoms with Crippen LogP contribution in [0.2, 0.25) is 5.02 Å². The molecule has 1 atom stereocenters. The average Bonchev–Trinajstić information content (AvgIpc) is 2.90. The van der Waals surface area contributed by atoms with Gasteiger partial charge in [-0.15, -0.1) is 0 Å². The third-order valence-corrected chi connectivity index (χ3v) is 6.49. The third-order valence-electron chi connectivity index (χ3n) is 6.25. The van der Waals surface area contributed by atoms with Crippen LogP contribution in [-0.4, -0.2) is 15.8 Å². The number of alkyl halides is 2. The number of ketones is 1. The van der Waals surface area contributed by atoms with E-state index in [2.05, 4.69) is 15.3 Å². The predicted octanol–water partition coefficient (Wildman–Crippen LogP) is 7.83. The van der Waals surface area contributed by atoms with Gasteiger partial charge in [0.25, 0.3) is 5.92 Å². The summed E-state index contributed by atoms with van der Waals surface area (Å²) >= 11 is 6.14. The van der Waals surface area contributed by atoms with Crippen LogP contribution >= 0.6 is 11.6 Å². The van der Waals surface area contributed by atoms with Gasteiger partial charge in [-0.3, -0.25) is 9.78 Å². The Labute approximate surface area is 220 Å². The van der Waals surface area contributed by atoms with E-state index in [1.807, 2.05) is 55.5 Å². The van der Waals surface area contributed by atoms with Crippen LogP contribution in [0.15, 0.2) is 85.2 Å². The van der Waals surface area contributed by atoms with Crippen LogP contribution in [0, 0.1) is 0 Å². The van der Waals surface area contributed by atoms with Crippen molar-refractivity contribution < 1.29 is 13.6 Å². The number of carbonyl (C=O) groups is 1. The lowest BCUT2D eigenvalue weighted by Crippen LogP contribution is -2.12. The second kappa shape index (κ2) is 11.6. The highest BCUT2D eigenvalue weighted by molar-refractivity contribution is 6.30. The highest BCUT2D eigenvalue weighted by atomic mass is 35.5. The summed E-state index contributed by atoms with van der Waals surface area (Å²) in [6.45, 7) is 3.48. The van der Waals surface area contributed by atoms with Crippen molar-refractivity contribution in [1.82, 2.24) is 9.97 Å². The minimum atomic E-state index is -2.85. The molecule has 0 radical (unpaired) electrons. The summed E-state index contributed by atoms with van der Waals surface area (Å²) in [6, 6.07) is 21.3. The average molecular weight is 520 g/mol. The van der Waals surface area contributed by atoms with E-state index < -0.39 is 5.92 Å². The van der Waals surface area contributed by atoms with Crippen molar-refractivity contribution in [3.63, 3.8) is 0 Å². The van der Waals surface area contributed by atoms with Gasteiger partial charge in [0.15, 0.2) is 5.82 Å². The first-order valence-electron chi connectivity index (χ1n) is 12.2. The van der Waals surface area contributed by atoms with Crippen molar-refractivity contribution in [2.24, 2.45) is 0 Å². The molecule has 0 saturated carbocycles. The Kier molecular flexibility index (Phi) is 8.29. The summed E-state index contributed by atoms with van der Waals surface area (Å²) in [6.07, 6.45) is 3.47. The number of nitrogens with zero attached hydrogens (tertiary/aromatic N) is 2. The molecule has 37 heavy (non-hydrogen) atoms. The summed E-state index contributed by atoms with van der Waals surface area (Å²) in [5.74, 6) is -2.19. The van der Waals surface area contributed by atoms with Crippen molar-refractivity contribution in [1.29, 1.82) is 0 Å². The first-order chi connectivity index (χ1) is 17.7. The fourth-order valence-corrected chi connectivity index (χ4v) is 4.29. The molecule has 1 aromatic heterocycles. The van der Waals surface area contributed by atoms with Crippen molar-refractivity contribution in [2.45, 2.75) is 45.1 Å². The maximum absolute atomic E-state index is 13.8. The second-order valence-electron chi connectivity index (χ2n) is 9.02. The lowest BCUT2D eigenvalue weighted by Gasteiger charge is -2.17. The Morgan fingerprint density at radius 2 is 1.57 bits per heavy atom. The lowest BCUT2D eigenvalue weighted by atomic mass is 9.99. The summed E-state index contributed by atoms with van der Waals surface area (Å²) in [7, 11) is 0. The SMILES string of the molecule is CCC(F)(F)c1ccc(CC(=O)Cc2ccc(-c3nccnc3N[C@@H](C)c3cccc(Cl)c3)cc2)cc1. The predicted molar refractivity (Wildman–Crippen MR) is 144 cm³/mol. The molecule has 3 aromatic carbocycles. The molecular weight excluding hydrogens is 492 g/mol. The smallest absolute Gasteiger partial charge is 0.273 e. The molecule has 0 spiro atoms. The molecular formula is C30H28ClF2N3O. The van der Waals surface area contributed by atoms with Gasteiger partial charge >= 0.3 is 0 Å². The monoisotopic (exact) mass is 519 g/mol. The largest absolute Gasteiger partial charge is 0.362 e. The number of nitrogens with one attached hydrogen (secondary N) is 1. The van der Waals surface area contributed by atoms with Crippen LogP contribution in [0.1, 0.15) is 48.6 Å². The number of benzene rings is 3. The molecule has 0 fully saturated rings. The van der Waals surface area contributed by atoms with Gasteiger partial charge in [0, 0.05) is 47.8 Å². The van der Waals surface area contributed by atoms with Crippen LogP contribution in [0.25, 0.3) is 11.3 Å². The maximum Gasteiger partial charge on any atom is 0.273 e. The third kappa shape index (κ3) is 6.77. The molecule has 7 heteroatoms. The van der Waals surface area contributed by atoms with Crippen molar-refractivity contribution in [3.8, 4) is 11.3 Å². The molecule has 190 valence electrons. The Morgan fingerprint density at radius 3 is 2.19 bits per heavy atom. The molecule has 0 aliphatic carbocycles. The summed E-state index contributed by atoms with van der Waals surface area (Å²) in [5.41, 5.74) is 4.18. The highest BCUT2D eigenvalue weighted by Crippen LogP contribution is 2.31. The Morgan fingerprint density at radius 1 is 0.946 bits per heavy atom. The Bertz CT molecular complexity index is 1360. The first-order valence-corrected chi connectivity index (χ1v) is 12.5. The first kappa shape index (κ1) is 26.4. The number of carbonyl (C=O) groups excluding carboxylic acids is 1. The van der Waals surface area contributed by atoms with Crippen LogP contribution < -0.4 is 5.32 Å². The van der Waals surface area contributed by atoms with Crippen LogP contribution in [0.3, 0.4) is 0 Å². The number of hydrogen-bond donors (Lipinski definition) is 1. The Hall–Kier alpha value is -3.64. The van der Waals surface area contributed by atoms with Gasteiger partial charge in [-0.05, 0) is 35.7 Å². The molecule has 0 aliphatic rings. The van der Waals surface area contributed by atoms with E-state index in [4.69, 9.17) is 11.6 Å². The zero-order valence-corrected chi connectivity index (χ0v) is 21.5. The lowest BCUT2D eigenvalue weighted by molar-refractivity contribution is -0.117. The number of rotatable bonds is 10. The summed E-state index contributed by atoms with van der Waals surface area (Å²) < 4.78 is 27.6. The van der Waals surface area contributed by atoms with Gasteiger partial charge in [-0.1, -0.05) is 79.2 Å². The van der Waals surface area contributed by atoms with Gasteiger partial charge in [0.05, 0.1) is 6.04 Å². The summed E-state index contributed by atoms with van der Waals surface area (Å²) in [4.78, 5) is 21.6. The van der Waals surface area contributed by atoms with Gasteiger partial charge in [0.1, 0.15) is 11.5 Å². The van der Waals surface area contributed by atoms with E-state index in [-0.39, 0.29) is 36.7 Å². The maximum atomic E-state index is 13.8. The molecule has 4 rings (SSSR count). The molecule has 0 amide bonds. The minimum absolute atomic E-state index is 0.0138. The van der Waals surface area contributed by atoms with Gasteiger partial charge in [0.2, 0.25) is 0 Å². The van der Waals surface area contributed by atoms with E-state index in [9.17, 15) is 13.6 Å². The van der Waals surface area contributed by atoms with Crippen LogP contribution in [-0.2, 0) is 23.6 Å². The van der Waals surface area contributed by atoms with E-state index in [1.165, 1.54) is 19.1 Å². The molecule has 1 N–H and O–H groups in total. The van der Waals surface area contributed by atoms with Crippen molar-refractivity contribution in [2.75, 3.05) is 5.32 Å². The van der Waals surface area contributed by atoms with Crippen molar-refractivity contribution in [3.05, 3.63) is 112 Å².